The minimum atomic E-state index is -1.06. The summed E-state index contributed by atoms with van der Waals surface area (Å²) in [6.07, 6.45) is 7.19. The highest BCUT2D eigenvalue weighted by Crippen LogP contribution is 2.22. The van der Waals surface area contributed by atoms with Crippen LogP contribution in [0.2, 0.25) is 0 Å². The van der Waals surface area contributed by atoms with Crippen LogP contribution in [-0.2, 0) is 0 Å². The zero-order chi connectivity index (χ0) is 15.2. The number of carbonyl (C=O) groups is 2. The predicted molar refractivity (Wildman–Crippen MR) is 79.4 cm³/mol. The molecule has 1 fully saturated rings. The number of nitrogens with zero attached hydrogens (tertiary/aromatic N) is 2. The SMILES string of the molecule is CCCC1CCN(C(=O)Nc2cncc(C(=O)O)c2)CC1. The van der Waals surface area contributed by atoms with E-state index in [1.165, 1.54) is 31.3 Å². The van der Waals surface area contributed by atoms with Crippen molar-refractivity contribution in [3.63, 3.8) is 0 Å². The molecule has 21 heavy (non-hydrogen) atoms. The Balaban J connectivity index is 1.90. The molecule has 2 N–H and O–H groups in total. The van der Waals surface area contributed by atoms with E-state index in [0.717, 1.165) is 31.8 Å². The molecule has 0 saturated carbocycles. The second kappa shape index (κ2) is 7.06. The van der Waals surface area contributed by atoms with Crippen molar-refractivity contribution in [3.05, 3.63) is 24.0 Å². The van der Waals surface area contributed by atoms with Gasteiger partial charge in [-0.3, -0.25) is 4.98 Å². The van der Waals surface area contributed by atoms with Crippen LogP contribution in [0.15, 0.2) is 18.5 Å². The molecular formula is C15H21N3O3. The van der Waals surface area contributed by atoms with Crippen molar-refractivity contribution in [2.24, 2.45) is 5.92 Å². The van der Waals surface area contributed by atoms with Crippen LogP contribution in [0.5, 0.6) is 0 Å². The Morgan fingerprint density at radius 3 is 2.71 bits per heavy atom. The third-order valence-corrected chi connectivity index (χ3v) is 3.84. The van der Waals surface area contributed by atoms with Crippen molar-refractivity contribution in [3.8, 4) is 0 Å². The molecule has 0 radical (unpaired) electrons. The summed E-state index contributed by atoms with van der Waals surface area (Å²) in [5, 5.41) is 11.6. The number of amides is 2. The summed E-state index contributed by atoms with van der Waals surface area (Å²) < 4.78 is 0. The summed E-state index contributed by atoms with van der Waals surface area (Å²) in [5.74, 6) is -0.338. The average molecular weight is 291 g/mol. The van der Waals surface area contributed by atoms with Gasteiger partial charge >= 0.3 is 12.0 Å². The van der Waals surface area contributed by atoms with E-state index in [-0.39, 0.29) is 11.6 Å². The zero-order valence-electron chi connectivity index (χ0n) is 12.2. The van der Waals surface area contributed by atoms with E-state index >= 15 is 0 Å². The van der Waals surface area contributed by atoms with Gasteiger partial charge in [0.05, 0.1) is 17.4 Å². The van der Waals surface area contributed by atoms with Gasteiger partial charge in [0.1, 0.15) is 0 Å². The molecule has 6 heteroatoms. The second-order valence-electron chi connectivity index (χ2n) is 5.42. The molecule has 0 atom stereocenters. The molecule has 1 saturated heterocycles. The number of aromatic nitrogens is 1. The Labute approximate surface area is 124 Å². The number of rotatable bonds is 4. The van der Waals surface area contributed by atoms with Crippen molar-refractivity contribution in [2.75, 3.05) is 18.4 Å². The second-order valence-corrected chi connectivity index (χ2v) is 5.42. The van der Waals surface area contributed by atoms with E-state index in [2.05, 4.69) is 17.2 Å². The van der Waals surface area contributed by atoms with Crippen LogP contribution in [0.25, 0.3) is 0 Å². The van der Waals surface area contributed by atoms with Gasteiger partial charge in [-0.2, -0.15) is 0 Å². The first kappa shape index (κ1) is 15.3. The standard InChI is InChI=1S/C15H21N3O3/c1-2-3-11-4-6-18(7-5-11)15(21)17-13-8-12(14(19)20)9-16-10-13/h8-11H,2-7H2,1H3,(H,17,21)(H,19,20). The lowest BCUT2D eigenvalue weighted by Crippen LogP contribution is -2.41. The maximum Gasteiger partial charge on any atom is 0.337 e. The lowest BCUT2D eigenvalue weighted by molar-refractivity contribution is 0.0696. The number of aromatic carboxylic acids is 1. The quantitative estimate of drug-likeness (QED) is 0.893. The fourth-order valence-corrected chi connectivity index (χ4v) is 2.66. The van der Waals surface area contributed by atoms with Crippen LogP contribution in [0, 0.1) is 5.92 Å². The van der Waals surface area contributed by atoms with Gasteiger partial charge in [0.15, 0.2) is 0 Å². The minimum absolute atomic E-state index is 0.0643. The first-order valence-corrected chi connectivity index (χ1v) is 7.34. The van der Waals surface area contributed by atoms with Gasteiger partial charge in [0.2, 0.25) is 0 Å². The summed E-state index contributed by atoms with van der Waals surface area (Å²) in [5.41, 5.74) is 0.477. The molecule has 0 aromatic carbocycles. The molecule has 0 unspecified atom stereocenters. The van der Waals surface area contributed by atoms with E-state index < -0.39 is 5.97 Å². The molecule has 1 aromatic rings. The van der Waals surface area contributed by atoms with Gasteiger partial charge in [0, 0.05) is 19.3 Å². The maximum absolute atomic E-state index is 12.2. The summed E-state index contributed by atoms with van der Waals surface area (Å²) in [4.78, 5) is 28.6. The lowest BCUT2D eigenvalue weighted by atomic mass is 9.93. The number of urea groups is 1. The van der Waals surface area contributed by atoms with Crippen LogP contribution in [0.1, 0.15) is 43.0 Å². The smallest absolute Gasteiger partial charge is 0.337 e. The number of hydrogen-bond donors (Lipinski definition) is 2. The number of anilines is 1. The number of pyridine rings is 1. The highest BCUT2D eigenvalue weighted by molar-refractivity contribution is 5.92. The molecule has 0 spiro atoms. The highest BCUT2D eigenvalue weighted by atomic mass is 16.4. The van der Waals surface area contributed by atoms with Gasteiger partial charge in [-0.05, 0) is 24.8 Å². The first-order valence-electron chi connectivity index (χ1n) is 7.34. The highest BCUT2D eigenvalue weighted by Gasteiger charge is 2.22. The van der Waals surface area contributed by atoms with Gasteiger partial charge < -0.3 is 15.3 Å². The molecular weight excluding hydrogens is 270 g/mol. The Bertz CT molecular complexity index is 511. The van der Waals surface area contributed by atoms with Crippen LogP contribution in [0.3, 0.4) is 0 Å². The Kier molecular flexibility index (Phi) is 5.14. The normalized spacial score (nSPS) is 15.8. The van der Waals surface area contributed by atoms with Gasteiger partial charge in [-0.15, -0.1) is 0 Å². The number of hydrogen-bond acceptors (Lipinski definition) is 3. The molecule has 0 aliphatic carbocycles. The summed E-state index contributed by atoms with van der Waals surface area (Å²) in [7, 11) is 0. The van der Waals surface area contributed by atoms with Crippen molar-refractivity contribution in [1.29, 1.82) is 0 Å². The van der Waals surface area contributed by atoms with Crippen molar-refractivity contribution < 1.29 is 14.7 Å². The van der Waals surface area contributed by atoms with E-state index in [9.17, 15) is 9.59 Å². The molecule has 6 nitrogen and oxygen atoms in total. The van der Waals surface area contributed by atoms with E-state index in [1.807, 2.05) is 0 Å². The number of piperidine rings is 1. The maximum atomic E-state index is 12.2. The largest absolute Gasteiger partial charge is 0.478 e. The van der Waals surface area contributed by atoms with E-state index in [0.29, 0.717) is 5.69 Å². The topological polar surface area (TPSA) is 82.5 Å². The number of likely N-dealkylation sites (tertiary alicyclic amines) is 1. The van der Waals surface area contributed by atoms with Crippen LogP contribution >= 0.6 is 0 Å². The van der Waals surface area contributed by atoms with Crippen molar-refractivity contribution >= 4 is 17.7 Å². The molecule has 114 valence electrons. The molecule has 1 aromatic heterocycles. The van der Waals surface area contributed by atoms with Crippen molar-refractivity contribution in [1.82, 2.24) is 9.88 Å². The van der Waals surface area contributed by atoms with Crippen molar-refractivity contribution in [2.45, 2.75) is 32.6 Å². The van der Waals surface area contributed by atoms with Gasteiger partial charge in [-0.1, -0.05) is 19.8 Å². The fraction of sp³-hybridized carbons (Fsp3) is 0.533. The number of carboxylic acids is 1. The first-order chi connectivity index (χ1) is 10.1. The Hall–Kier alpha value is -2.11. The molecule has 0 bridgehead atoms. The molecule has 2 amide bonds. The average Bonchev–Trinajstić information content (AvgIpc) is 2.48. The number of nitrogens with one attached hydrogen (secondary N) is 1. The zero-order valence-corrected chi connectivity index (χ0v) is 12.2. The summed E-state index contributed by atoms with van der Waals surface area (Å²) in [6.45, 7) is 3.69. The van der Waals surface area contributed by atoms with Gasteiger partial charge in [0.25, 0.3) is 0 Å². The molecule has 2 heterocycles. The molecule has 1 aliphatic heterocycles. The third kappa shape index (κ3) is 4.18. The number of carboxylic acid groups (broad SMARTS) is 1. The summed E-state index contributed by atoms with van der Waals surface area (Å²) in [6, 6.07) is 1.23. The van der Waals surface area contributed by atoms with Crippen LogP contribution in [0.4, 0.5) is 10.5 Å². The predicted octanol–water partition coefficient (Wildman–Crippen LogP) is 2.82. The Morgan fingerprint density at radius 1 is 1.38 bits per heavy atom. The van der Waals surface area contributed by atoms with E-state index in [4.69, 9.17) is 5.11 Å². The van der Waals surface area contributed by atoms with Crippen LogP contribution < -0.4 is 5.32 Å². The van der Waals surface area contributed by atoms with Crippen LogP contribution in [-0.4, -0.2) is 40.1 Å². The third-order valence-electron chi connectivity index (χ3n) is 3.84. The lowest BCUT2D eigenvalue weighted by Gasteiger charge is -2.31. The summed E-state index contributed by atoms with van der Waals surface area (Å²) >= 11 is 0. The number of carbonyl (C=O) groups excluding carboxylic acids is 1. The molecule has 1 aliphatic rings. The van der Waals surface area contributed by atoms with Gasteiger partial charge in [-0.25, -0.2) is 9.59 Å². The minimum Gasteiger partial charge on any atom is -0.478 e. The fourth-order valence-electron chi connectivity index (χ4n) is 2.66. The monoisotopic (exact) mass is 291 g/mol. The Morgan fingerprint density at radius 2 is 2.10 bits per heavy atom. The van der Waals surface area contributed by atoms with E-state index in [1.54, 1.807) is 4.90 Å². The molecule has 2 rings (SSSR count).